The van der Waals surface area contributed by atoms with Crippen LogP contribution in [0.4, 0.5) is 0 Å². The van der Waals surface area contributed by atoms with Crippen LogP contribution in [-0.4, -0.2) is 16.5 Å². The molecule has 1 atom stereocenters. The van der Waals surface area contributed by atoms with Gasteiger partial charge in [-0.1, -0.05) is 29.5 Å². The van der Waals surface area contributed by atoms with Gasteiger partial charge in [0.05, 0.1) is 0 Å². The van der Waals surface area contributed by atoms with E-state index in [-0.39, 0.29) is 0 Å². The summed E-state index contributed by atoms with van der Waals surface area (Å²) in [5.41, 5.74) is 5.29. The summed E-state index contributed by atoms with van der Waals surface area (Å²) in [6, 6.07) is 0. The molecule has 0 bridgehead atoms. The zero-order valence-electron chi connectivity index (χ0n) is 6.70. The van der Waals surface area contributed by atoms with Gasteiger partial charge >= 0.3 is 0 Å². The van der Waals surface area contributed by atoms with E-state index < -0.39 is 16.5 Å². The number of nitrogens with one attached hydrogen (secondary N) is 1. The third-order valence-electron chi connectivity index (χ3n) is 1.14. The van der Waals surface area contributed by atoms with Gasteiger partial charge in [-0.15, -0.1) is 17.7 Å². The Morgan fingerprint density at radius 1 is 1.64 bits per heavy atom. The van der Waals surface area contributed by atoms with E-state index in [1.165, 1.54) is 5.54 Å². The van der Waals surface area contributed by atoms with Crippen molar-refractivity contribution in [1.29, 1.82) is 0 Å². The lowest BCUT2D eigenvalue weighted by Crippen LogP contribution is -2.47. The molecule has 0 aliphatic heterocycles. The molecule has 63 valence electrons. The van der Waals surface area contributed by atoms with E-state index in [2.05, 4.69) is 17.8 Å². The molecule has 0 aromatic carbocycles. The highest BCUT2D eigenvalue weighted by Gasteiger charge is 2.21. The average molecular weight is 225 g/mol. The molecule has 0 amide bonds. The Kier molecular flexibility index (Phi) is 5.37. The molecule has 0 saturated carbocycles. The number of rotatable bonds is 4. The molecular formula is C6H12Cl2NSi2. The molecular weight excluding hydrogens is 213 g/mol. The Balaban J connectivity index is 3.92. The van der Waals surface area contributed by atoms with Crippen LogP contribution in [-0.2, 0) is 0 Å². The molecule has 1 N–H and O–H groups in total. The second-order valence-electron chi connectivity index (χ2n) is 2.38. The molecule has 0 rings (SSSR count). The molecule has 0 aliphatic carbocycles. The lowest BCUT2D eigenvalue weighted by atomic mass is 11.3. The zero-order valence-corrected chi connectivity index (χ0v) is 10.2. The maximum absolute atomic E-state index is 6.11. The van der Waals surface area contributed by atoms with E-state index in [0.29, 0.717) is 0 Å². The van der Waals surface area contributed by atoms with E-state index in [4.69, 9.17) is 22.7 Å². The van der Waals surface area contributed by atoms with E-state index in [1.54, 1.807) is 0 Å². The quantitative estimate of drug-likeness (QED) is 0.572. The Labute approximate surface area is 80.6 Å². The zero-order chi connectivity index (χ0) is 8.91. The normalized spacial score (nSPS) is 17.2. The van der Waals surface area contributed by atoms with Crippen molar-refractivity contribution in [2.75, 3.05) is 0 Å². The molecule has 0 spiro atoms. The van der Waals surface area contributed by atoms with Crippen LogP contribution in [0.2, 0.25) is 13.1 Å². The second kappa shape index (κ2) is 5.16. The molecule has 0 aromatic heterocycles. The Hall–Kier alpha value is 0.454. The van der Waals surface area contributed by atoms with Gasteiger partial charge in [0, 0.05) is 0 Å². The summed E-state index contributed by atoms with van der Waals surface area (Å²) >= 11 is 11.5. The highest BCUT2D eigenvalue weighted by molar-refractivity contribution is 7.23. The summed E-state index contributed by atoms with van der Waals surface area (Å²) in [6.07, 6.45) is 0. The van der Waals surface area contributed by atoms with Gasteiger partial charge in [-0.25, -0.2) is 0 Å². The van der Waals surface area contributed by atoms with Gasteiger partial charge in [0.1, 0.15) is 0 Å². The van der Waals surface area contributed by atoms with Crippen molar-refractivity contribution in [2.45, 2.75) is 13.1 Å². The van der Waals surface area contributed by atoms with Crippen LogP contribution in [0.25, 0.3) is 0 Å². The van der Waals surface area contributed by atoms with Crippen LogP contribution < -0.4 is 4.65 Å². The lowest BCUT2D eigenvalue weighted by Gasteiger charge is -2.18. The summed E-state index contributed by atoms with van der Waals surface area (Å²) in [5.74, 6) is 0. The summed E-state index contributed by atoms with van der Waals surface area (Å²) in [4.78, 5) is 0. The maximum Gasteiger partial charge on any atom is 0.240 e. The van der Waals surface area contributed by atoms with Crippen molar-refractivity contribution < 1.29 is 0 Å². The summed E-state index contributed by atoms with van der Waals surface area (Å²) in [5, 5.41) is 0. The van der Waals surface area contributed by atoms with Crippen molar-refractivity contribution in [1.82, 2.24) is 4.65 Å². The first kappa shape index (κ1) is 11.5. The van der Waals surface area contributed by atoms with Gasteiger partial charge in [0.25, 0.3) is 0 Å². The standard InChI is InChI=1S/C6H12Cl2NSi2/c1-4-11(3,8)9-10(2)6-5-7/h4-6,9H,1H2,2-3H3. The highest BCUT2D eigenvalue weighted by atomic mass is 35.6. The molecule has 1 unspecified atom stereocenters. The fraction of sp³-hybridized carbons (Fsp3) is 0.333. The van der Waals surface area contributed by atoms with Crippen molar-refractivity contribution in [3.8, 4) is 0 Å². The summed E-state index contributed by atoms with van der Waals surface area (Å²) < 4.78 is 3.32. The molecule has 1 radical (unpaired) electrons. The van der Waals surface area contributed by atoms with Gasteiger partial charge < -0.3 is 4.65 Å². The minimum Gasteiger partial charge on any atom is -0.342 e. The average Bonchev–Trinajstić information content (AvgIpc) is 1.87. The van der Waals surface area contributed by atoms with Gasteiger partial charge in [0.15, 0.2) is 8.96 Å². The van der Waals surface area contributed by atoms with Crippen LogP contribution in [0, 0.1) is 0 Å². The smallest absolute Gasteiger partial charge is 0.240 e. The first-order valence-electron chi connectivity index (χ1n) is 3.23. The fourth-order valence-corrected chi connectivity index (χ4v) is 6.50. The largest absolute Gasteiger partial charge is 0.342 e. The number of halogens is 2. The molecule has 11 heavy (non-hydrogen) atoms. The minimum absolute atomic E-state index is 0.714. The third-order valence-corrected chi connectivity index (χ3v) is 7.75. The summed E-state index contributed by atoms with van der Waals surface area (Å²) in [7, 11) is -2.57. The van der Waals surface area contributed by atoms with Crippen molar-refractivity contribution in [3.63, 3.8) is 0 Å². The van der Waals surface area contributed by atoms with Crippen molar-refractivity contribution in [2.24, 2.45) is 0 Å². The SMILES string of the molecule is C=C[Si](C)(Cl)N[Si](C)C=CCl. The summed E-state index contributed by atoms with van der Waals surface area (Å²) in [6.45, 7) is 7.77. The Bertz CT molecular complexity index is 159. The minimum atomic E-state index is -1.86. The molecule has 1 nitrogen and oxygen atoms in total. The molecule has 0 fully saturated rings. The van der Waals surface area contributed by atoms with Crippen LogP contribution in [0.15, 0.2) is 23.5 Å². The van der Waals surface area contributed by atoms with E-state index >= 15 is 0 Å². The predicted octanol–water partition coefficient (Wildman–Crippen LogP) is 2.53. The van der Waals surface area contributed by atoms with Crippen molar-refractivity contribution in [3.05, 3.63) is 23.5 Å². The van der Waals surface area contributed by atoms with Crippen LogP contribution in [0.5, 0.6) is 0 Å². The molecule has 0 aromatic rings. The van der Waals surface area contributed by atoms with Gasteiger partial charge in [-0.2, -0.15) is 0 Å². The van der Waals surface area contributed by atoms with Gasteiger partial charge in [-0.05, 0) is 12.1 Å². The van der Waals surface area contributed by atoms with Gasteiger partial charge in [0.2, 0.25) is 7.55 Å². The first-order valence-corrected chi connectivity index (χ1v) is 9.33. The topological polar surface area (TPSA) is 12.0 Å². The lowest BCUT2D eigenvalue weighted by molar-refractivity contribution is 1.46. The highest BCUT2D eigenvalue weighted by Crippen LogP contribution is 2.05. The second-order valence-corrected chi connectivity index (χ2v) is 10.2. The number of hydrogen-bond donors (Lipinski definition) is 1. The maximum atomic E-state index is 6.11. The molecule has 5 heteroatoms. The van der Waals surface area contributed by atoms with Crippen LogP contribution >= 0.6 is 22.7 Å². The fourth-order valence-electron chi connectivity index (χ4n) is 0.573. The monoisotopic (exact) mass is 224 g/mol. The molecule has 0 aliphatic rings. The number of hydrogen-bond acceptors (Lipinski definition) is 1. The van der Waals surface area contributed by atoms with E-state index in [9.17, 15) is 0 Å². The first-order chi connectivity index (χ1) is 5.02. The van der Waals surface area contributed by atoms with Crippen LogP contribution in [0.3, 0.4) is 0 Å². The third kappa shape index (κ3) is 5.69. The van der Waals surface area contributed by atoms with Crippen molar-refractivity contribution >= 4 is 39.2 Å². The van der Waals surface area contributed by atoms with E-state index in [1.807, 2.05) is 17.9 Å². The molecule has 0 saturated heterocycles. The Morgan fingerprint density at radius 3 is 2.55 bits per heavy atom. The molecule has 0 heterocycles. The van der Waals surface area contributed by atoms with E-state index in [0.717, 1.165) is 0 Å². The van der Waals surface area contributed by atoms with Crippen LogP contribution in [0.1, 0.15) is 0 Å². The van der Waals surface area contributed by atoms with Gasteiger partial charge in [-0.3, -0.25) is 0 Å². The predicted molar refractivity (Wildman–Crippen MR) is 57.4 cm³/mol. The Morgan fingerprint density at radius 2 is 2.18 bits per heavy atom.